The molecule has 0 fully saturated rings. The molecule has 0 saturated heterocycles. The molecule has 0 spiro atoms. The van der Waals surface area contributed by atoms with Crippen molar-refractivity contribution in [1.29, 1.82) is 0 Å². The number of fused-ring (bicyclic) bond motifs is 1. The van der Waals surface area contributed by atoms with Crippen molar-refractivity contribution < 1.29 is 19.4 Å². The van der Waals surface area contributed by atoms with Crippen LogP contribution in [-0.2, 0) is 11.2 Å². The summed E-state index contributed by atoms with van der Waals surface area (Å²) in [6.45, 7) is 0. The molecule has 3 aromatic rings. The zero-order valence-corrected chi connectivity index (χ0v) is 14.3. The fourth-order valence-corrected chi connectivity index (χ4v) is 2.87. The van der Waals surface area contributed by atoms with Gasteiger partial charge in [-0.2, -0.15) is 0 Å². The van der Waals surface area contributed by atoms with Crippen molar-refractivity contribution in [3.63, 3.8) is 0 Å². The third kappa shape index (κ3) is 3.91. The van der Waals surface area contributed by atoms with Gasteiger partial charge in [0.05, 0.1) is 14.2 Å². The number of ether oxygens (including phenoxy) is 2. The van der Waals surface area contributed by atoms with Crippen molar-refractivity contribution in [3.05, 3.63) is 60.2 Å². The van der Waals surface area contributed by atoms with Gasteiger partial charge in [0, 0.05) is 6.42 Å². The fourth-order valence-electron chi connectivity index (χ4n) is 2.87. The zero-order chi connectivity index (χ0) is 17.8. The third-order valence-corrected chi connectivity index (χ3v) is 4.21. The molecular weight excluding hydrogens is 316 g/mol. The molecule has 128 valence electrons. The fraction of sp³-hybridized carbons (Fsp3) is 0.190. The van der Waals surface area contributed by atoms with Crippen molar-refractivity contribution in [2.45, 2.75) is 12.8 Å². The molecule has 0 amide bonds. The highest BCUT2D eigenvalue weighted by Crippen LogP contribution is 2.30. The van der Waals surface area contributed by atoms with Gasteiger partial charge in [-0.15, -0.1) is 0 Å². The van der Waals surface area contributed by atoms with E-state index in [1.54, 1.807) is 14.2 Å². The Morgan fingerprint density at radius 3 is 2.28 bits per heavy atom. The Morgan fingerprint density at radius 2 is 1.56 bits per heavy atom. The SMILES string of the molecule is COc1cc(CCC(=O)O)cc(-c2ccc3cc(OC)ccc3c2)c1. The van der Waals surface area contributed by atoms with Gasteiger partial charge in [-0.05, 0) is 64.2 Å². The number of hydrogen-bond donors (Lipinski definition) is 1. The molecule has 0 unspecified atom stereocenters. The molecule has 0 bridgehead atoms. The van der Waals surface area contributed by atoms with Crippen molar-refractivity contribution in [2.24, 2.45) is 0 Å². The minimum absolute atomic E-state index is 0.101. The highest BCUT2D eigenvalue weighted by molar-refractivity contribution is 5.88. The van der Waals surface area contributed by atoms with Crippen LogP contribution in [0.25, 0.3) is 21.9 Å². The first-order chi connectivity index (χ1) is 12.1. The Morgan fingerprint density at radius 1 is 0.840 bits per heavy atom. The molecule has 0 aliphatic carbocycles. The van der Waals surface area contributed by atoms with Gasteiger partial charge in [-0.3, -0.25) is 4.79 Å². The molecule has 0 aliphatic heterocycles. The van der Waals surface area contributed by atoms with E-state index in [4.69, 9.17) is 14.6 Å². The van der Waals surface area contributed by atoms with E-state index in [0.29, 0.717) is 6.42 Å². The summed E-state index contributed by atoms with van der Waals surface area (Å²) < 4.78 is 10.6. The first-order valence-corrected chi connectivity index (χ1v) is 8.07. The minimum Gasteiger partial charge on any atom is -0.497 e. The molecule has 4 heteroatoms. The third-order valence-electron chi connectivity index (χ3n) is 4.21. The summed E-state index contributed by atoms with van der Waals surface area (Å²) in [5, 5.41) is 11.1. The van der Waals surface area contributed by atoms with Gasteiger partial charge >= 0.3 is 5.97 Å². The van der Waals surface area contributed by atoms with Crippen LogP contribution in [0.2, 0.25) is 0 Å². The number of carboxylic acid groups (broad SMARTS) is 1. The Hall–Kier alpha value is -3.01. The molecule has 0 aliphatic rings. The molecule has 0 saturated carbocycles. The summed E-state index contributed by atoms with van der Waals surface area (Å²) in [7, 11) is 3.27. The first kappa shape index (κ1) is 16.8. The van der Waals surface area contributed by atoms with Crippen LogP contribution < -0.4 is 9.47 Å². The highest BCUT2D eigenvalue weighted by atomic mass is 16.5. The first-order valence-electron chi connectivity index (χ1n) is 8.07. The lowest BCUT2D eigenvalue weighted by Crippen LogP contribution is -1.98. The molecule has 0 aromatic heterocycles. The van der Waals surface area contributed by atoms with E-state index >= 15 is 0 Å². The summed E-state index contributed by atoms with van der Waals surface area (Å²) in [5.41, 5.74) is 3.03. The summed E-state index contributed by atoms with van der Waals surface area (Å²) in [4.78, 5) is 10.8. The topological polar surface area (TPSA) is 55.8 Å². The maximum absolute atomic E-state index is 10.8. The monoisotopic (exact) mass is 336 g/mol. The van der Waals surface area contributed by atoms with Crippen LogP contribution in [0.3, 0.4) is 0 Å². The Balaban J connectivity index is 2.00. The van der Waals surface area contributed by atoms with E-state index in [1.165, 1.54) is 0 Å². The van der Waals surface area contributed by atoms with E-state index in [2.05, 4.69) is 18.2 Å². The number of rotatable bonds is 6. The highest BCUT2D eigenvalue weighted by Gasteiger charge is 2.07. The van der Waals surface area contributed by atoms with Crippen LogP contribution >= 0.6 is 0 Å². The Kier molecular flexibility index (Phi) is 4.89. The summed E-state index contributed by atoms with van der Waals surface area (Å²) in [6.07, 6.45) is 0.578. The van der Waals surface area contributed by atoms with Gasteiger partial charge in [0.25, 0.3) is 0 Å². The number of methoxy groups -OCH3 is 2. The number of carboxylic acids is 1. The van der Waals surface area contributed by atoms with Crippen LogP contribution in [0.4, 0.5) is 0 Å². The average Bonchev–Trinajstić information content (AvgIpc) is 2.65. The van der Waals surface area contributed by atoms with Crippen molar-refractivity contribution in [3.8, 4) is 22.6 Å². The second kappa shape index (κ2) is 7.26. The van der Waals surface area contributed by atoms with Crippen molar-refractivity contribution in [1.82, 2.24) is 0 Å². The number of carbonyl (C=O) groups is 1. The molecule has 3 rings (SSSR count). The largest absolute Gasteiger partial charge is 0.497 e. The standard InChI is InChI=1S/C21H20O4/c1-24-19-7-6-15-11-16(4-5-17(15)12-19)18-9-14(3-8-21(22)23)10-20(13-18)25-2/h4-7,9-13H,3,8H2,1-2H3,(H,22,23). The average molecular weight is 336 g/mol. The summed E-state index contributed by atoms with van der Waals surface area (Å²) in [5.74, 6) is 0.759. The summed E-state index contributed by atoms with van der Waals surface area (Å²) in [6, 6.07) is 18.1. The van der Waals surface area contributed by atoms with Gasteiger partial charge in [0.15, 0.2) is 0 Å². The van der Waals surface area contributed by atoms with E-state index in [0.717, 1.165) is 39.0 Å². The predicted octanol–water partition coefficient (Wildman–Crippen LogP) is 4.54. The minimum atomic E-state index is -0.802. The lowest BCUT2D eigenvalue weighted by Gasteiger charge is -2.10. The van der Waals surface area contributed by atoms with Gasteiger partial charge in [0.2, 0.25) is 0 Å². The van der Waals surface area contributed by atoms with Crippen LogP contribution in [0.15, 0.2) is 54.6 Å². The second-order valence-corrected chi connectivity index (χ2v) is 5.89. The van der Waals surface area contributed by atoms with Gasteiger partial charge in [-0.25, -0.2) is 0 Å². The summed E-state index contributed by atoms with van der Waals surface area (Å²) >= 11 is 0. The van der Waals surface area contributed by atoms with Crippen molar-refractivity contribution >= 4 is 16.7 Å². The maximum Gasteiger partial charge on any atom is 0.303 e. The molecule has 1 N–H and O–H groups in total. The van der Waals surface area contributed by atoms with Crippen LogP contribution in [-0.4, -0.2) is 25.3 Å². The lowest BCUT2D eigenvalue weighted by atomic mass is 9.98. The molecular formula is C21H20O4. The molecule has 0 radical (unpaired) electrons. The van der Waals surface area contributed by atoms with Gasteiger partial charge in [0.1, 0.15) is 11.5 Å². The van der Waals surface area contributed by atoms with E-state index in [-0.39, 0.29) is 6.42 Å². The zero-order valence-electron chi connectivity index (χ0n) is 14.3. The van der Waals surface area contributed by atoms with Gasteiger partial charge in [-0.1, -0.05) is 24.3 Å². The molecule has 4 nitrogen and oxygen atoms in total. The molecule has 25 heavy (non-hydrogen) atoms. The molecule has 0 heterocycles. The maximum atomic E-state index is 10.8. The Bertz CT molecular complexity index is 915. The van der Waals surface area contributed by atoms with Crippen LogP contribution in [0.5, 0.6) is 11.5 Å². The number of benzene rings is 3. The van der Waals surface area contributed by atoms with Crippen molar-refractivity contribution in [2.75, 3.05) is 14.2 Å². The molecule has 3 aromatic carbocycles. The number of aliphatic carboxylic acids is 1. The normalized spacial score (nSPS) is 10.6. The van der Waals surface area contributed by atoms with Crippen LogP contribution in [0.1, 0.15) is 12.0 Å². The van der Waals surface area contributed by atoms with Gasteiger partial charge < -0.3 is 14.6 Å². The lowest BCUT2D eigenvalue weighted by molar-refractivity contribution is -0.136. The van der Waals surface area contributed by atoms with E-state index in [9.17, 15) is 4.79 Å². The predicted molar refractivity (Wildman–Crippen MR) is 98.4 cm³/mol. The molecule has 0 atom stereocenters. The van der Waals surface area contributed by atoms with Crippen LogP contribution in [0, 0.1) is 0 Å². The number of hydrogen-bond acceptors (Lipinski definition) is 3. The quantitative estimate of drug-likeness (QED) is 0.718. The van der Waals surface area contributed by atoms with E-state index in [1.807, 2.05) is 36.4 Å². The smallest absolute Gasteiger partial charge is 0.303 e. The van der Waals surface area contributed by atoms with E-state index < -0.39 is 5.97 Å². The Labute approximate surface area is 146 Å². The second-order valence-electron chi connectivity index (χ2n) is 5.89. The number of aryl methyl sites for hydroxylation is 1.